The lowest BCUT2D eigenvalue weighted by atomic mass is 9.98. The lowest BCUT2D eigenvalue weighted by Gasteiger charge is -2.36. The van der Waals surface area contributed by atoms with Gasteiger partial charge in [0.15, 0.2) is 11.5 Å². The van der Waals surface area contributed by atoms with E-state index in [1.165, 1.54) is 6.07 Å². The Kier molecular flexibility index (Phi) is 4.71. The van der Waals surface area contributed by atoms with Crippen molar-refractivity contribution in [2.75, 3.05) is 6.54 Å². The maximum Gasteiger partial charge on any atom is 0.410 e. The zero-order chi connectivity index (χ0) is 18.2. The Morgan fingerprint density at radius 1 is 1.40 bits per heavy atom. The Balaban J connectivity index is 1.84. The van der Waals surface area contributed by atoms with E-state index in [9.17, 15) is 9.18 Å². The average Bonchev–Trinajstić information content (AvgIpc) is 2.84. The Hall–Kier alpha value is -2.11. The minimum atomic E-state index is -0.513. The van der Waals surface area contributed by atoms with Crippen LogP contribution in [0.2, 0.25) is 0 Å². The summed E-state index contributed by atoms with van der Waals surface area (Å²) in [5.74, 6) is -0.329. The van der Waals surface area contributed by atoms with Crippen LogP contribution in [-0.4, -0.2) is 38.6 Å². The number of carbonyl (C=O) groups is 1. The van der Waals surface area contributed by atoms with Crippen molar-refractivity contribution in [1.29, 1.82) is 0 Å². The van der Waals surface area contributed by atoms with Gasteiger partial charge in [-0.3, -0.25) is 0 Å². The van der Waals surface area contributed by atoms with Crippen LogP contribution in [0.4, 0.5) is 9.18 Å². The van der Waals surface area contributed by atoms with Crippen LogP contribution in [0.3, 0.4) is 0 Å². The molecule has 0 spiro atoms. The van der Waals surface area contributed by atoms with Gasteiger partial charge in [0.05, 0.1) is 5.69 Å². The Morgan fingerprint density at radius 2 is 2.16 bits per heavy atom. The van der Waals surface area contributed by atoms with Crippen LogP contribution < -0.4 is 0 Å². The first-order valence-electron chi connectivity index (χ1n) is 8.88. The molecular weight excluding hydrogens is 321 g/mol. The van der Waals surface area contributed by atoms with Crippen molar-refractivity contribution < 1.29 is 13.9 Å². The highest BCUT2D eigenvalue weighted by Crippen LogP contribution is 2.25. The molecule has 0 aromatic carbocycles. The number of piperidine rings is 1. The van der Waals surface area contributed by atoms with Crippen LogP contribution in [0, 0.1) is 12.7 Å². The van der Waals surface area contributed by atoms with Crippen molar-refractivity contribution in [3.05, 3.63) is 35.5 Å². The summed E-state index contributed by atoms with van der Waals surface area (Å²) >= 11 is 0. The summed E-state index contributed by atoms with van der Waals surface area (Å²) in [5, 5.41) is 0. The fourth-order valence-electron chi connectivity index (χ4n) is 3.39. The van der Waals surface area contributed by atoms with Gasteiger partial charge in [-0.25, -0.2) is 14.2 Å². The van der Waals surface area contributed by atoms with E-state index in [1.807, 2.05) is 38.8 Å². The SMILES string of the molecule is Cc1c(CC2CCCCN2C(=O)OC(C)(C)C)nc2c(F)cccn12. The number of hydrogen-bond donors (Lipinski definition) is 0. The van der Waals surface area contributed by atoms with Gasteiger partial charge in [-0.2, -0.15) is 0 Å². The van der Waals surface area contributed by atoms with Gasteiger partial charge in [-0.05, 0) is 59.1 Å². The van der Waals surface area contributed by atoms with Crippen molar-refractivity contribution in [1.82, 2.24) is 14.3 Å². The second-order valence-electron chi connectivity index (χ2n) is 7.72. The lowest BCUT2D eigenvalue weighted by molar-refractivity contribution is 0.00984. The minimum absolute atomic E-state index is 0.0373. The highest BCUT2D eigenvalue weighted by atomic mass is 19.1. The van der Waals surface area contributed by atoms with Crippen LogP contribution in [-0.2, 0) is 11.2 Å². The summed E-state index contributed by atoms with van der Waals surface area (Å²) in [7, 11) is 0. The summed E-state index contributed by atoms with van der Waals surface area (Å²) < 4.78 is 21.3. The molecule has 136 valence electrons. The lowest BCUT2D eigenvalue weighted by Crippen LogP contribution is -2.47. The molecule has 25 heavy (non-hydrogen) atoms. The van der Waals surface area contributed by atoms with Crippen molar-refractivity contribution in [3.63, 3.8) is 0 Å². The third kappa shape index (κ3) is 3.78. The highest BCUT2D eigenvalue weighted by Gasteiger charge is 2.31. The first-order valence-corrected chi connectivity index (χ1v) is 8.88. The van der Waals surface area contributed by atoms with Crippen LogP contribution in [0.5, 0.6) is 0 Å². The smallest absolute Gasteiger partial charge is 0.410 e. The van der Waals surface area contributed by atoms with Crippen LogP contribution >= 0.6 is 0 Å². The Morgan fingerprint density at radius 3 is 2.84 bits per heavy atom. The molecule has 0 bridgehead atoms. The van der Waals surface area contributed by atoms with E-state index < -0.39 is 5.60 Å². The van der Waals surface area contributed by atoms with Crippen molar-refractivity contribution in [2.24, 2.45) is 0 Å². The highest BCUT2D eigenvalue weighted by molar-refractivity contribution is 5.68. The number of pyridine rings is 1. The van der Waals surface area contributed by atoms with E-state index in [1.54, 1.807) is 10.5 Å². The number of nitrogens with zero attached hydrogens (tertiary/aromatic N) is 3. The molecule has 2 aromatic rings. The summed E-state index contributed by atoms with van der Waals surface area (Å²) in [6.07, 6.45) is 5.13. The average molecular weight is 347 g/mol. The third-order valence-corrected chi connectivity index (χ3v) is 4.62. The molecule has 1 aliphatic heterocycles. The molecule has 6 heteroatoms. The zero-order valence-electron chi connectivity index (χ0n) is 15.4. The Bertz CT molecular complexity index is 779. The number of hydrogen-bond acceptors (Lipinski definition) is 3. The van der Waals surface area contributed by atoms with Crippen LogP contribution in [0.25, 0.3) is 5.65 Å². The molecule has 3 heterocycles. The molecule has 0 N–H and O–H groups in total. The standard InChI is InChI=1S/C19H26FN3O2/c1-13-16(21-17-15(20)9-7-11-22(13)17)12-14-8-5-6-10-23(14)18(24)25-19(2,3)4/h7,9,11,14H,5-6,8,10,12H2,1-4H3. The van der Waals surface area contributed by atoms with Crippen LogP contribution in [0.1, 0.15) is 51.4 Å². The third-order valence-electron chi connectivity index (χ3n) is 4.62. The minimum Gasteiger partial charge on any atom is -0.444 e. The molecule has 5 nitrogen and oxygen atoms in total. The first-order chi connectivity index (χ1) is 11.8. The van der Waals surface area contributed by atoms with Gasteiger partial charge in [0, 0.05) is 30.9 Å². The molecule has 0 saturated carbocycles. The summed E-state index contributed by atoms with van der Waals surface area (Å²) in [4.78, 5) is 18.8. The van der Waals surface area contributed by atoms with Gasteiger partial charge < -0.3 is 14.0 Å². The second-order valence-corrected chi connectivity index (χ2v) is 7.72. The zero-order valence-corrected chi connectivity index (χ0v) is 15.4. The van der Waals surface area contributed by atoms with Crippen molar-refractivity contribution >= 4 is 11.7 Å². The number of halogens is 1. The van der Waals surface area contributed by atoms with Crippen LogP contribution in [0.15, 0.2) is 18.3 Å². The molecule has 1 unspecified atom stereocenters. The molecule has 1 amide bonds. The molecular formula is C19H26FN3O2. The molecule has 2 aromatic heterocycles. The summed E-state index contributed by atoms with van der Waals surface area (Å²) in [6, 6.07) is 3.13. The summed E-state index contributed by atoms with van der Waals surface area (Å²) in [6.45, 7) is 8.26. The number of rotatable bonds is 2. The topological polar surface area (TPSA) is 46.8 Å². The largest absolute Gasteiger partial charge is 0.444 e. The fraction of sp³-hybridized carbons (Fsp3) is 0.579. The predicted octanol–water partition coefficient (Wildman–Crippen LogP) is 4.11. The van der Waals surface area contributed by atoms with Crippen molar-refractivity contribution in [2.45, 2.75) is 65.0 Å². The summed E-state index contributed by atoms with van der Waals surface area (Å²) in [5.41, 5.74) is 1.59. The van der Waals surface area contributed by atoms with E-state index >= 15 is 0 Å². The van der Waals surface area contributed by atoms with Gasteiger partial charge in [-0.15, -0.1) is 0 Å². The van der Waals surface area contributed by atoms with E-state index in [2.05, 4.69) is 4.98 Å². The number of imidazole rings is 1. The fourth-order valence-corrected chi connectivity index (χ4v) is 3.39. The predicted molar refractivity (Wildman–Crippen MR) is 94.2 cm³/mol. The van der Waals surface area contributed by atoms with E-state index in [0.717, 1.165) is 30.7 Å². The Labute approximate surface area is 147 Å². The van der Waals surface area contributed by atoms with Gasteiger partial charge in [0.1, 0.15) is 5.60 Å². The van der Waals surface area contributed by atoms with Gasteiger partial charge in [0.2, 0.25) is 0 Å². The number of carbonyl (C=O) groups excluding carboxylic acids is 1. The number of aryl methyl sites for hydroxylation is 1. The molecule has 1 fully saturated rings. The molecule has 3 rings (SSSR count). The van der Waals surface area contributed by atoms with E-state index in [4.69, 9.17) is 4.74 Å². The number of aromatic nitrogens is 2. The van der Waals surface area contributed by atoms with Gasteiger partial charge in [-0.1, -0.05) is 0 Å². The van der Waals surface area contributed by atoms with E-state index in [-0.39, 0.29) is 18.0 Å². The number of fused-ring (bicyclic) bond motifs is 1. The monoisotopic (exact) mass is 347 g/mol. The molecule has 1 saturated heterocycles. The molecule has 0 radical (unpaired) electrons. The number of likely N-dealkylation sites (tertiary alicyclic amines) is 1. The molecule has 1 aliphatic rings. The maximum absolute atomic E-state index is 14.0. The normalized spacial score (nSPS) is 18.6. The quantitative estimate of drug-likeness (QED) is 0.821. The van der Waals surface area contributed by atoms with Gasteiger partial charge >= 0.3 is 6.09 Å². The van der Waals surface area contributed by atoms with Crippen molar-refractivity contribution in [3.8, 4) is 0 Å². The maximum atomic E-state index is 14.0. The number of amides is 1. The molecule has 1 atom stereocenters. The van der Waals surface area contributed by atoms with E-state index in [0.29, 0.717) is 18.6 Å². The first kappa shape index (κ1) is 17.7. The molecule has 0 aliphatic carbocycles. The second kappa shape index (κ2) is 6.65. The number of ether oxygens (including phenoxy) is 1. The van der Waals surface area contributed by atoms with Gasteiger partial charge in [0.25, 0.3) is 0 Å².